The molecule has 0 saturated carbocycles. The van der Waals surface area contributed by atoms with E-state index in [1.165, 1.54) is 0 Å². The first kappa shape index (κ1) is 11.2. The molecule has 1 rings (SSSR count). The highest BCUT2D eigenvalue weighted by Gasteiger charge is 2.21. The van der Waals surface area contributed by atoms with Gasteiger partial charge in [0.05, 0.1) is 12.6 Å². The van der Waals surface area contributed by atoms with Gasteiger partial charge in [-0.3, -0.25) is 0 Å². The van der Waals surface area contributed by atoms with Crippen molar-refractivity contribution in [2.75, 3.05) is 6.54 Å². The van der Waals surface area contributed by atoms with E-state index in [0.29, 0.717) is 13.1 Å². The van der Waals surface area contributed by atoms with Crippen molar-refractivity contribution in [1.29, 1.82) is 0 Å². The Morgan fingerprint density at radius 2 is 2.29 bits per heavy atom. The molecule has 0 aliphatic heterocycles. The van der Waals surface area contributed by atoms with E-state index in [4.69, 9.17) is 0 Å². The summed E-state index contributed by atoms with van der Waals surface area (Å²) in [6.07, 6.45) is 3.17. The third-order valence-electron chi connectivity index (χ3n) is 2.18. The van der Waals surface area contributed by atoms with Crippen molar-refractivity contribution in [2.45, 2.75) is 33.4 Å². The molecular weight excluding hydrogens is 178 g/mol. The molecule has 3 N–H and O–H groups in total. The van der Waals surface area contributed by atoms with Crippen LogP contribution in [0.15, 0.2) is 12.4 Å². The molecule has 4 heteroatoms. The molecule has 0 amide bonds. The van der Waals surface area contributed by atoms with Crippen LogP contribution in [-0.2, 0) is 6.54 Å². The Hall–Kier alpha value is -0.870. The van der Waals surface area contributed by atoms with Gasteiger partial charge in [0.1, 0.15) is 5.82 Å². The fourth-order valence-electron chi connectivity index (χ4n) is 1.03. The van der Waals surface area contributed by atoms with Crippen LogP contribution in [-0.4, -0.2) is 27.7 Å². The number of aliphatic hydroxyl groups is 1. The monoisotopic (exact) mass is 197 g/mol. The van der Waals surface area contributed by atoms with Crippen LogP contribution in [0.25, 0.3) is 0 Å². The van der Waals surface area contributed by atoms with Crippen LogP contribution in [0.1, 0.15) is 26.6 Å². The predicted octanol–water partition coefficient (Wildman–Crippen LogP) is 0.906. The summed E-state index contributed by atoms with van der Waals surface area (Å²) in [5.74, 6) is 0.895. The molecule has 0 fully saturated rings. The molecule has 14 heavy (non-hydrogen) atoms. The standard InChI is InChI=1S/C10H19N3O/c1-10(2,3)8(14)6-11-7-9-12-4-5-13-9/h4-5,8,11,14H,6-7H2,1-3H3,(H,12,13). The van der Waals surface area contributed by atoms with E-state index in [0.717, 1.165) is 5.82 Å². The van der Waals surface area contributed by atoms with Gasteiger partial charge >= 0.3 is 0 Å². The zero-order chi connectivity index (χ0) is 10.6. The summed E-state index contributed by atoms with van der Waals surface area (Å²) in [6.45, 7) is 7.31. The van der Waals surface area contributed by atoms with Gasteiger partial charge in [-0.25, -0.2) is 4.98 Å². The van der Waals surface area contributed by atoms with E-state index in [2.05, 4.69) is 15.3 Å². The summed E-state index contributed by atoms with van der Waals surface area (Å²) >= 11 is 0. The first-order valence-electron chi connectivity index (χ1n) is 4.87. The molecule has 0 saturated heterocycles. The molecule has 0 bridgehead atoms. The molecule has 1 heterocycles. The Kier molecular flexibility index (Phi) is 3.66. The van der Waals surface area contributed by atoms with E-state index in [1.807, 2.05) is 20.8 Å². The van der Waals surface area contributed by atoms with Gasteiger partial charge in [0.15, 0.2) is 0 Å². The average Bonchev–Trinajstić information content (AvgIpc) is 2.55. The fourth-order valence-corrected chi connectivity index (χ4v) is 1.03. The summed E-state index contributed by atoms with van der Waals surface area (Å²) in [4.78, 5) is 7.07. The second kappa shape index (κ2) is 4.57. The minimum Gasteiger partial charge on any atom is -0.391 e. The van der Waals surface area contributed by atoms with Crippen molar-refractivity contribution >= 4 is 0 Å². The van der Waals surface area contributed by atoms with Crippen LogP contribution < -0.4 is 5.32 Å². The largest absolute Gasteiger partial charge is 0.391 e. The smallest absolute Gasteiger partial charge is 0.120 e. The van der Waals surface area contributed by atoms with E-state index in [9.17, 15) is 5.11 Å². The highest BCUT2D eigenvalue weighted by Crippen LogP contribution is 2.18. The molecule has 1 aromatic heterocycles. The van der Waals surface area contributed by atoms with Crippen LogP contribution in [0, 0.1) is 5.41 Å². The third-order valence-corrected chi connectivity index (χ3v) is 2.18. The molecule has 0 radical (unpaired) electrons. The third kappa shape index (κ3) is 3.47. The van der Waals surface area contributed by atoms with Gasteiger partial charge in [0.25, 0.3) is 0 Å². The van der Waals surface area contributed by atoms with Gasteiger partial charge in [0.2, 0.25) is 0 Å². The average molecular weight is 197 g/mol. The van der Waals surface area contributed by atoms with E-state index < -0.39 is 0 Å². The molecular formula is C10H19N3O. The second-order valence-electron chi connectivity index (χ2n) is 4.55. The van der Waals surface area contributed by atoms with Gasteiger partial charge in [-0.1, -0.05) is 20.8 Å². The van der Waals surface area contributed by atoms with Gasteiger partial charge in [-0.2, -0.15) is 0 Å². The topological polar surface area (TPSA) is 60.9 Å². The zero-order valence-corrected chi connectivity index (χ0v) is 9.04. The molecule has 0 aliphatic rings. The highest BCUT2D eigenvalue weighted by atomic mass is 16.3. The minimum absolute atomic E-state index is 0.0732. The Balaban J connectivity index is 2.22. The lowest BCUT2D eigenvalue weighted by molar-refractivity contribution is 0.0626. The van der Waals surface area contributed by atoms with Gasteiger partial charge in [-0.15, -0.1) is 0 Å². The number of nitrogens with zero attached hydrogens (tertiary/aromatic N) is 1. The zero-order valence-electron chi connectivity index (χ0n) is 9.04. The normalized spacial score (nSPS) is 14.3. The van der Waals surface area contributed by atoms with Crippen molar-refractivity contribution in [3.05, 3.63) is 18.2 Å². The van der Waals surface area contributed by atoms with E-state index >= 15 is 0 Å². The number of aromatic amines is 1. The summed E-state index contributed by atoms with van der Waals surface area (Å²) in [7, 11) is 0. The number of hydrogen-bond donors (Lipinski definition) is 3. The van der Waals surface area contributed by atoms with Crippen LogP contribution >= 0.6 is 0 Å². The van der Waals surface area contributed by atoms with Gasteiger partial charge in [0, 0.05) is 18.9 Å². The molecule has 4 nitrogen and oxygen atoms in total. The van der Waals surface area contributed by atoms with Crippen LogP contribution in [0.4, 0.5) is 0 Å². The number of aromatic nitrogens is 2. The van der Waals surface area contributed by atoms with Crippen LogP contribution in [0.2, 0.25) is 0 Å². The number of imidazole rings is 1. The number of aliphatic hydroxyl groups excluding tert-OH is 1. The lowest BCUT2D eigenvalue weighted by Gasteiger charge is -2.25. The van der Waals surface area contributed by atoms with Crippen molar-refractivity contribution < 1.29 is 5.11 Å². The Morgan fingerprint density at radius 3 is 2.79 bits per heavy atom. The number of nitrogens with one attached hydrogen (secondary N) is 2. The summed E-state index contributed by atoms with van der Waals surface area (Å²) in [5, 5.41) is 12.9. The SMILES string of the molecule is CC(C)(C)C(O)CNCc1ncc[nH]1. The second-order valence-corrected chi connectivity index (χ2v) is 4.55. The Bertz CT molecular complexity index is 251. The lowest BCUT2D eigenvalue weighted by atomic mass is 9.89. The maximum atomic E-state index is 9.72. The van der Waals surface area contributed by atoms with Crippen molar-refractivity contribution in [3.8, 4) is 0 Å². The molecule has 1 unspecified atom stereocenters. The van der Waals surface area contributed by atoms with Crippen LogP contribution in [0.5, 0.6) is 0 Å². The minimum atomic E-state index is -0.336. The first-order chi connectivity index (χ1) is 6.50. The first-order valence-corrected chi connectivity index (χ1v) is 4.87. The molecule has 1 aromatic rings. The quantitative estimate of drug-likeness (QED) is 0.672. The molecule has 1 atom stereocenters. The lowest BCUT2D eigenvalue weighted by Crippen LogP contribution is -2.36. The van der Waals surface area contributed by atoms with E-state index in [1.54, 1.807) is 12.4 Å². The van der Waals surface area contributed by atoms with Crippen LogP contribution in [0.3, 0.4) is 0 Å². The Labute approximate surface area is 84.8 Å². The van der Waals surface area contributed by atoms with Crippen molar-refractivity contribution in [3.63, 3.8) is 0 Å². The maximum absolute atomic E-state index is 9.72. The predicted molar refractivity (Wildman–Crippen MR) is 55.8 cm³/mol. The van der Waals surface area contributed by atoms with E-state index in [-0.39, 0.29) is 11.5 Å². The molecule has 0 aromatic carbocycles. The summed E-state index contributed by atoms with van der Waals surface area (Å²) in [6, 6.07) is 0. The Morgan fingerprint density at radius 1 is 1.57 bits per heavy atom. The number of H-pyrrole nitrogens is 1. The van der Waals surface area contributed by atoms with Crippen molar-refractivity contribution in [1.82, 2.24) is 15.3 Å². The highest BCUT2D eigenvalue weighted by molar-refractivity contribution is 4.86. The van der Waals surface area contributed by atoms with Gasteiger partial charge in [-0.05, 0) is 5.41 Å². The molecule has 0 aliphatic carbocycles. The fraction of sp³-hybridized carbons (Fsp3) is 0.700. The van der Waals surface area contributed by atoms with Crippen molar-refractivity contribution in [2.24, 2.45) is 5.41 Å². The van der Waals surface area contributed by atoms with Gasteiger partial charge < -0.3 is 15.4 Å². The summed E-state index contributed by atoms with van der Waals surface area (Å²) < 4.78 is 0. The summed E-state index contributed by atoms with van der Waals surface area (Å²) in [5.41, 5.74) is -0.0732. The number of hydrogen-bond acceptors (Lipinski definition) is 3. The number of rotatable bonds is 4. The molecule has 0 spiro atoms. The molecule has 80 valence electrons. The maximum Gasteiger partial charge on any atom is 0.120 e.